The third-order valence-corrected chi connectivity index (χ3v) is 3.85. The molecule has 0 aliphatic carbocycles. The largest absolute Gasteiger partial charge is 0.394 e. The van der Waals surface area contributed by atoms with Crippen molar-refractivity contribution in [2.45, 2.75) is 44.2 Å². The topological polar surface area (TPSA) is 61.4 Å². The summed E-state index contributed by atoms with van der Waals surface area (Å²) in [6, 6.07) is 9.76. The number of benzene rings is 1. The maximum atomic E-state index is 12.0. The number of rotatable bonds is 6. The maximum Gasteiger partial charge on any atom is 0.220 e. The molecule has 1 amide bonds. The van der Waals surface area contributed by atoms with E-state index in [4.69, 9.17) is 0 Å². The van der Waals surface area contributed by atoms with E-state index < -0.39 is 0 Å². The fourth-order valence-electron chi connectivity index (χ4n) is 2.66. The van der Waals surface area contributed by atoms with Gasteiger partial charge in [0.25, 0.3) is 0 Å². The molecular formula is C16H24N2O2. The number of hydrogen-bond donors (Lipinski definition) is 3. The van der Waals surface area contributed by atoms with Gasteiger partial charge in [-0.3, -0.25) is 4.79 Å². The van der Waals surface area contributed by atoms with Gasteiger partial charge in [0.05, 0.1) is 12.6 Å². The molecule has 110 valence electrons. The minimum atomic E-state index is -0.303. The minimum absolute atomic E-state index is 0.0141. The van der Waals surface area contributed by atoms with Crippen LogP contribution in [-0.4, -0.2) is 30.2 Å². The van der Waals surface area contributed by atoms with Gasteiger partial charge in [0.1, 0.15) is 0 Å². The van der Waals surface area contributed by atoms with E-state index in [0.717, 1.165) is 24.9 Å². The molecule has 2 atom stereocenters. The van der Waals surface area contributed by atoms with Crippen molar-refractivity contribution in [3.63, 3.8) is 0 Å². The molecule has 3 N–H and O–H groups in total. The van der Waals surface area contributed by atoms with Crippen LogP contribution >= 0.6 is 0 Å². The predicted octanol–water partition coefficient (Wildman–Crippen LogP) is 1.76. The van der Waals surface area contributed by atoms with Crippen molar-refractivity contribution in [3.8, 4) is 0 Å². The number of hydrogen-bond acceptors (Lipinski definition) is 3. The van der Waals surface area contributed by atoms with Crippen molar-refractivity contribution in [2.75, 3.05) is 13.2 Å². The first-order valence-corrected chi connectivity index (χ1v) is 7.48. The smallest absolute Gasteiger partial charge is 0.220 e. The Balaban J connectivity index is 1.77. The molecule has 4 heteroatoms. The summed E-state index contributed by atoms with van der Waals surface area (Å²) in [7, 11) is 0. The van der Waals surface area contributed by atoms with Crippen LogP contribution in [0.25, 0.3) is 0 Å². The molecule has 0 saturated carbocycles. The van der Waals surface area contributed by atoms with Crippen LogP contribution < -0.4 is 10.6 Å². The van der Waals surface area contributed by atoms with Gasteiger partial charge in [0, 0.05) is 12.5 Å². The first-order valence-electron chi connectivity index (χ1n) is 7.48. The summed E-state index contributed by atoms with van der Waals surface area (Å²) in [5.41, 5.74) is 0.944. The monoisotopic (exact) mass is 276 g/mol. The van der Waals surface area contributed by atoms with Crippen molar-refractivity contribution >= 4 is 5.91 Å². The highest BCUT2D eigenvalue weighted by Crippen LogP contribution is 2.14. The normalized spacial score (nSPS) is 20.4. The molecule has 1 aliphatic heterocycles. The second-order valence-electron chi connectivity index (χ2n) is 5.40. The lowest BCUT2D eigenvalue weighted by atomic mass is 10.00. The molecule has 1 heterocycles. The molecule has 2 rings (SSSR count). The van der Waals surface area contributed by atoms with E-state index in [-0.39, 0.29) is 18.6 Å². The van der Waals surface area contributed by atoms with Crippen LogP contribution in [0.2, 0.25) is 0 Å². The fourth-order valence-corrected chi connectivity index (χ4v) is 2.66. The Hall–Kier alpha value is -1.39. The average molecular weight is 276 g/mol. The van der Waals surface area contributed by atoms with E-state index in [2.05, 4.69) is 10.6 Å². The third-order valence-electron chi connectivity index (χ3n) is 3.85. The zero-order valence-corrected chi connectivity index (χ0v) is 11.8. The highest BCUT2D eigenvalue weighted by molar-refractivity contribution is 5.76. The number of piperidine rings is 1. The molecule has 1 aromatic carbocycles. The second-order valence-corrected chi connectivity index (χ2v) is 5.40. The molecule has 1 fully saturated rings. The molecular weight excluding hydrogens is 252 g/mol. The standard InChI is InChI=1S/C16H24N2O2/c19-12-15(13-6-2-1-3-7-13)18-16(20)10-9-14-8-4-5-11-17-14/h1-3,6-7,14-15,17,19H,4-5,8-12H2,(H,18,20)/t14?,15-/m0/s1. The van der Waals surface area contributed by atoms with Gasteiger partial charge in [-0.05, 0) is 31.4 Å². The van der Waals surface area contributed by atoms with Crippen LogP contribution in [0.5, 0.6) is 0 Å². The predicted molar refractivity (Wildman–Crippen MR) is 79.3 cm³/mol. The zero-order valence-electron chi connectivity index (χ0n) is 11.8. The van der Waals surface area contributed by atoms with Gasteiger partial charge in [0.2, 0.25) is 5.91 Å². The Morgan fingerprint density at radius 2 is 2.15 bits per heavy atom. The van der Waals surface area contributed by atoms with Crippen molar-refractivity contribution < 1.29 is 9.90 Å². The van der Waals surface area contributed by atoms with Gasteiger partial charge in [-0.1, -0.05) is 36.8 Å². The van der Waals surface area contributed by atoms with E-state index >= 15 is 0 Å². The van der Waals surface area contributed by atoms with E-state index in [1.54, 1.807) is 0 Å². The van der Waals surface area contributed by atoms with Gasteiger partial charge < -0.3 is 15.7 Å². The highest BCUT2D eigenvalue weighted by Gasteiger charge is 2.16. The average Bonchev–Trinajstić information content (AvgIpc) is 2.52. The Bertz CT molecular complexity index is 402. The molecule has 0 aromatic heterocycles. The lowest BCUT2D eigenvalue weighted by Crippen LogP contribution is -2.36. The van der Waals surface area contributed by atoms with Gasteiger partial charge in [0.15, 0.2) is 0 Å². The summed E-state index contributed by atoms with van der Waals surface area (Å²) < 4.78 is 0. The lowest BCUT2D eigenvalue weighted by Gasteiger charge is -2.23. The molecule has 0 bridgehead atoms. The van der Waals surface area contributed by atoms with Crippen LogP contribution in [0.15, 0.2) is 30.3 Å². The van der Waals surface area contributed by atoms with Crippen molar-refractivity contribution in [3.05, 3.63) is 35.9 Å². The molecule has 4 nitrogen and oxygen atoms in total. The molecule has 1 aromatic rings. The van der Waals surface area contributed by atoms with Gasteiger partial charge >= 0.3 is 0 Å². The van der Waals surface area contributed by atoms with E-state index in [1.165, 1.54) is 12.8 Å². The van der Waals surface area contributed by atoms with Crippen LogP contribution in [0, 0.1) is 0 Å². The van der Waals surface area contributed by atoms with Crippen LogP contribution in [0.4, 0.5) is 0 Å². The number of nitrogens with one attached hydrogen (secondary N) is 2. The number of carbonyl (C=O) groups excluding carboxylic acids is 1. The number of aliphatic hydroxyl groups is 1. The van der Waals surface area contributed by atoms with Crippen LogP contribution in [0.1, 0.15) is 43.7 Å². The summed E-state index contributed by atoms with van der Waals surface area (Å²) in [6.45, 7) is 0.993. The van der Waals surface area contributed by atoms with Gasteiger partial charge in [-0.25, -0.2) is 0 Å². The highest BCUT2D eigenvalue weighted by atomic mass is 16.3. The van der Waals surface area contributed by atoms with Gasteiger partial charge in [-0.2, -0.15) is 0 Å². The summed E-state index contributed by atoms with van der Waals surface area (Å²) in [5, 5.41) is 15.8. The molecule has 20 heavy (non-hydrogen) atoms. The summed E-state index contributed by atoms with van der Waals surface area (Å²) >= 11 is 0. The molecule has 0 spiro atoms. The van der Waals surface area contributed by atoms with Crippen LogP contribution in [0.3, 0.4) is 0 Å². The van der Waals surface area contributed by atoms with Gasteiger partial charge in [-0.15, -0.1) is 0 Å². The summed E-state index contributed by atoms with van der Waals surface area (Å²) in [5.74, 6) is 0.0141. The third kappa shape index (κ3) is 4.62. The first kappa shape index (κ1) is 15.0. The Morgan fingerprint density at radius 3 is 2.80 bits per heavy atom. The molecule has 1 unspecified atom stereocenters. The molecule has 1 saturated heterocycles. The Labute approximate surface area is 120 Å². The second kappa shape index (κ2) is 8.02. The van der Waals surface area contributed by atoms with E-state index in [1.807, 2.05) is 30.3 Å². The summed E-state index contributed by atoms with van der Waals surface area (Å²) in [6.07, 6.45) is 5.04. The van der Waals surface area contributed by atoms with E-state index in [0.29, 0.717) is 12.5 Å². The fraction of sp³-hybridized carbons (Fsp3) is 0.562. The number of carbonyl (C=O) groups is 1. The number of aliphatic hydroxyl groups excluding tert-OH is 1. The quantitative estimate of drug-likeness (QED) is 0.742. The zero-order chi connectivity index (χ0) is 14.2. The SMILES string of the molecule is O=C(CCC1CCCCN1)N[C@@H](CO)c1ccccc1. The Morgan fingerprint density at radius 1 is 1.35 bits per heavy atom. The Kier molecular flexibility index (Phi) is 6.02. The maximum absolute atomic E-state index is 12.0. The molecule has 1 aliphatic rings. The van der Waals surface area contributed by atoms with Crippen LogP contribution in [-0.2, 0) is 4.79 Å². The van der Waals surface area contributed by atoms with Crippen molar-refractivity contribution in [1.82, 2.24) is 10.6 Å². The van der Waals surface area contributed by atoms with Crippen molar-refractivity contribution in [2.24, 2.45) is 0 Å². The van der Waals surface area contributed by atoms with Crippen molar-refractivity contribution in [1.29, 1.82) is 0 Å². The van der Waals surface area contributed by atoms with E-state index in [9.17, 15) is 9.90 Å². The molecule has 0 radical (unpaired) electrons. The number of amides is 1. The first-order chi connectivity index (χ1) is 9.79. The minimum Gasteiger partial charge on any atom is -0.394 e. The summed E-state index contributed by atoms with van der Waals surface area (Å²) in [4.78, 5) is 12.0. The lowest BCUT2D eigenvalue weighted by molar-refractivity contribution is -0.122.